The highest BCUT2D eigenvalue weighted by Crippen LogP contribution is 2.50. The Bertz CT molecular complexity index is 209. The zero-order valence-corrected chi connectivity index (χ0v) is 10.0. The predicted octanol–water partition coefficient (Wildman–Crippen LogP) is 2.00. The highest BCUT2D eigenvalue weighted by atomic mass is 16.6. The molecular formula is C12H22O3. The molecule has 0 saturated carbocycles. The highest BCUT2D eigenvalue weighted by Gasteiger charge is 2.54. The van der Waals surface area contributed by atoms with Gasteiger partial charge in [-0.1, -0.05) is 6.92 Å². The SMILES string of the molecule is COC[C@@]12CC[C@@](COC)(C[C@@H](C)C1)O2. The molecule has 0 radical (unpaired) electrons. The number of methoxy groups -OCH3 is 2. The zero-order valence-electron chi connectivity index (χ0n) is 10.0. The second-order valence-electron chi connectivity index (χ2n) is 5.35. The number of fused-ring (bicyclic) bond motifs is 2. The number of rotatable bonds is 4. The van der Waals surface area contributed by atoms with Crippen LogP contribution in [0.5, 0.6) is 0 Å². The summed E-state index contributed by atoms with van der Waals surface area (Å²) in [7, 11) is 3.52. The van der Waals surface area contributed by atoms with Crippen LogP contribution in [-0.2, 0) is 14.2 Å². The van der Waals surface area contributed by atoms with E-state index in [1.807, 2.05) is 0 Å². The van der Waals surface area contributed by atoms with E-state index in [0.717, 1.165) is 38.9 Å². The van der Waals surface area contributed by atoms with Gasteiger partial charge in [0.1, 0.15) is 0 Å². The lowest BCUT2D eigenvalue weighted by Crippen LogP contribution is -2.48. The Kier molecular flexibility index (Phi) is 3.06. The third-order valence-electron chi connectivity index (χ3n) is 3.72. The minimum Gasteiger partial charge on any atom is -0.382 e. The molecule has 2 bridgehead atoms. The summed E-state index contributed by atoms with van der Waals surface area (Å²) in [5.41, 5.74) is -0.0457. The molecule has 0 spiro atoms. The summed E-state index contributed by atoms with van der Waals surface area (Å²) in [4.78, 5) is 0. The number of ether oxygens (including phenoxy) is 3. The Morgan fingerprint density at radius 1 is 1.07 bits per heavy atom. The quantitative estimate of drug-likeness (QED) is 0.716. The van der Waals surface area contributed by atoms with Crippen molar-refractivity contribution >= 4 is 0 Å². The van der Waals surface area contributed by atoms with Gasteiger partial charge in [0, 0.05) is 14.2 Å². The van der Waals surface area contributed by atoms with E-state index in [9.17, 15) is 0 Å². The van der Waals surface area contributed by atoms with Gasteiger partial charge in [-0.05, 0) is 31.6 Å². The summed E-state index contributed by atoms with van der Waals surface area (Å²) in [6.45, 7) is 3.76. The Morgan fingerprint density at radius 2 is 1.53 bits per heavy atom. The van der Waals surface area contributed by atoms with Crippen LogP contribution in [0.1, 0.15) is 32.6 Å². The Morgan fingerprint density at radius 3 is 1.93 bits per heavy atom. The molecule has 0 aromatic carbocycles. The van der Waals surface area contributed by atoms with Crippen LogP contribution in [0.4, 0.5) is 0 Å². The van der Waals surface area contributed by atoms with Gasteiger partial charge >= 0.3 is 0 Å². The lowest BCUT2D eigenvalue weighted by atomic mass is 9.85. The first kappa shape index (κ1) is 11.4. The summed E-state index contributed by atoms with van der Waals surface area (Å²) in [6, 6.07) is 0. The monoisotopic (exact) mass is 214 g/mol. The van der Waals surface area contributed by atoms with Crippen molar-refractivity contribution in [3.05, 3.63) is 0 Å². The van der Waals surface area contributed by atoms with Gasteiger partial charge in [0.05, 0.1) is 24.4 Å². The largest absolute Gasteiger partial charge is 0.382 e. The van der Waals surface area contributed by atoms with Gasteiger partial charge in [-0.3, -0.25) is 0 Å². The van der Waals surface area contributed by atoms with E-state index >= 15 is 0 Å². The third kappa shape index (κ3) is 2.05. The van der Waals surface area contributed by atoms with E-state index in [4.69, 9.17) is 14.2 Å². The summed E-state index contributed by atoms with van der Waals surface area (Å²) in [5.74, 6) is 0.714. The third-order valence-corrected chi connectivity index (χ3v) is 3.72. The molecule has 0 amide bonds. The molecule has 2 aliphatic heterocycles. The standard InChI is InChI=1S/C12H22O3/c1-10-6-11(8-13-2)4-5-12(7-10,15-11)9-14-3/h10H,4-9H2,1-3H3/t10-,11+,12-. The highest BCUT2D eigenvalue weighted by molar-refractivity contribution is 5.03. The molecule has 2 saturated heterocycles. The summed E-state index contributed by atoms with van der Waals surface area (Å²) >= 11 is 0. The van der Waals surface area contributed by atoms with Crippen LogP contribution in [0.2, 0.25) is 0 Å². The maximum atomic E-state index is 6.27. The fourth-order valence-corrected chi connectivity index (χ4v) is 3.49. The maximum Gasteiger partial charge on any atom is 0.0927 e. The molecule has 2 heterocycles. The van der Waals surface area contributed by atoms with Crippen LogP contribution in [0.25, 0.3) is 0 Å². The molecule has 88 valence electrons. The summed E-state index contributed by atoms with van der Waals surface area (Å²) in [6.07, 6.45) is 4.50. The van der Waals surface area contributed by atoms with Gasteiger partial charge in [-0.2, -0.15) is 0 Å². The van der Waals surface area contributed by atoms with Crippen molar-refractivity contribution < 1.29 is 14.2 Å². The fourth-order valence-electron chi connectivity index (χ4n) is 3.49. The first-order chi connectivity index (χ1) is 7.14. The Hall–Kier alpha value is -0.120. The van der Waals surface area contributed by atoms with E-state index in [2.05, 4.69) is 6.92 Å². The molecule has 0 aromatic heterocycles. The minimum absolute atomic E-state index is 0.0229. The second kappa shape index (κ2) is 4.04. The van der Waals surface area contributed by atoms with E-state index in [0.29, 0.717) is 5.92 Å². The first-order valence-corrected chi connectivity index (χ1v) is 5.82. The molecule has 0 unspecified atom stereocenters. The molecule has 2 fully saturated rings. The summed E-state index contributed by atoms with van der Waals surface area (Å²) in [5, 5.41) is 0. The molecule has 2 aliphatic rings. The molecule has 0 aliphatic carbocycles. The molecule has 15 heavy (non-hydrogen) atoms. The van der Waals surface area contributed by atoms with Crippen LogP contribution >= 0.6 is 0 Å². The van der Waals surface area contributed by atoms with Gasteiger partial charge in [0.15, 0.2) is 0 Å². The molecule has 0 N–H and O–H groups in total. The smallest absolute Gasteiger partial charge is 0.0927 e. The van der Waals surface area contributed by atoms with Crippen LogP contribution in [0.15, 0.2) is 0 Å². The normalized spacial score (nSPS) is 44.6. The van der Waals surface area contributed by atoms with Crippen LogP contribution in [0.3, 0.4) is 0 Å². The van der Waals surface area contributed by atoms with Crippen LogP contribution in [-0.4, -0.2) is 38.6 Å². The van der Waals surface area contributed by atoms with E-state index in [-0.39, 0.29) is 11.2 Å². The maximum absolute atomic E-state index is 6.27. The van der Waals surface area contributed by atoms with E-state index < -0.39 is 0 Å². The zero-order chi connectivity index (χ0) is 10.9. The van der Waals surface area contributed by atoms with Crippen molar-refractivity contribution in [1.29, 1.82) is 0 Å². The molecular weight excluding hydrogens is 192 g/mol. The Labute approximate surface area is 92.1 Å². The van der Waals surface area contributed by atoms with Gasteiger partial charge in [0.2, 0.25) is 0 Å². The molecule has 3 nitrogen and oxygen atoms in total. The van der Waals surface area contributed by atoms with Crippen molar-refractivity contribution in [3.8, 4) is 0 Å². The average Bonchev–Trinajstić information content (AvgIpc) is 2.39. The first-order valence-electron chi connectivity index (χ1n) is 5.82. The molecule has 3 atom stereocenters. The molecule has 2 rings (SSSR count). The molecule has 3 heteroatoms. The van der Waals surface area contributed by atoms with Gasteiger partial charge in [-0.25, -0.2) is 0 Å². The van der Waals surface area contributed by atoms with Crippen molar-refractivity contribution in [2.45, 2.75) is 43.8 Å². The predicted molar refractivity (Wildman–Crippen MR) is 57.9 cm³/mol. The fraction of sp³-hybridized carbons (Fsp3) is 1.00. The van der Waals surface area contributed by atoms with Crippen molar-refractivity contribution in [3.63, 3.8) is 0 Å². The van der Waals surface area contributed by atoms with Crippen molar-refractivity contribution in [2.75, 3.05) is 27.4 Å². The van der Waals surface area contributed by atoms with E-state index in [1.54, 1.807) is 14.2 Å². The topological polar surface area (TPSA) is 27.7 Å². The lowest BCUT2D eigenvalue weighted by molar-refractivity contribution is -0.190. The van der Waals surface area contributed by atoms with Crippen LogP contribution in [0, 0.1) is 5.92 Å². The van der Waals surface area contributed by atoms with Crippen LogP contribution < -0.4 is 0 Å². The summed E-state index contributed by atoms with van der Waals surface area (Å²) < 4.78 is 16.9. The lowest BCUT2D eigenvalue weighted by Gasteiger charge is -2.42. The number of hydrogen-bond acceptors (Lipinski definition) is 3. The van der Waals surface area contributed by atoms with Gasteiger partial charge in [-0.15, -0.1) is 0 Å². The van der Waals surface area contributed by atoms with Crippen molar-refractivity contribution in [1.82, 2.24) is 0 Å². The van der Waals surface area contributed by atoms with Gasteiger partial charge < -0.3 is 14.2 Å². The van der Waals surface area contributed by atoms with Crippen molar-refractivity contribution in [2.24, 2.45) is 5.92 Å². The Balaban J connectivity index is 2.12. The van der Waals surface area contributed by atoms with E-state index in [1.165, 1.54) is 0 Å². The second-order valence-corrected chi connectivity index (χ2v) is 5.35. The molecule has 0 aromatic rings. The average molecular weight is 214 g/mol. The number of hydrogen-bond donors (Lipinski definition) is 0. The van der Waals surface area contributed by atoms with Gasteiger partial charge in [0.25, 0.3) is 0 Å². The minimum atomic E-state index is -0.0229.